The number of ether oxygens (including phenoxy) is 2. The van der Waals surface area contributed by atoms with Gasteiger partial charge in [0.05, 0.1) is 19.4 Å². The number of aryl methyl sites for hydroxylation is 1. The van der Waals surface area contributed by atoms with Gasteiger partial charge >= 0.3 is 5.97 Å². The molecule has 1 aromatic rings. The van der Waals surface area contributed by atoms with Crippen molar-refractivity contribution >= 4 is 5.97 Å². The molecule has 0 fully saturated rings. The molecule has 1 rings (SSSR count). The van der Waals surface area contributed by atoms with Crippen LogP contribution >= 0.6 is 0 Å². The van der Waals surface area contributed by atoms with Crippen molar-refractivity contribution in [3.05, 3.63) is 11.9 Å². The van der Waals surface area contributed by atoms with Gasteiger partial charge in [0.25, 0.3) is 0 Å². The van der Waals surface area contributed by atoms with Gasteiger partial charge in [-0.15, -0.1) is 5.10 Å². The van der Waals surface area contributed by atoms with Crippen LogP contribution in [0.4, 0.5) is 0 Å². The summed E-state index contributed by atoms with van der Waals surface area (Å²) in [5, 5.41) is 7.79. The minimum absolute atomic E-state index is 0. The molecule has 0 aliphatic rings. The van der Waals surface area contributed by atoms with Gasteiger partial charge in [0.1, 0.15) is 12.3 Å². The molecule has 6 heteroatoms. The van der Waals surface area contributed by atoms with E-state index in [-0.39, 0.29) is 27.4 Å². The van der Waals surface area contributed by atoms with Crippen LogP contribution in [-0.4, -0.2) is 34.2 Å². The van der Waals surface area contributed by atoms with Crippen LogP contribution in [-0.2, 0) is 27.4 Å². The summed E-state index contributed by atoms with van der Waals surface area (Å²) >= 11 is 0. The van der Waals surface area contributed by atoms with Crippen LogP contribution in [0.15, 0.2) is 6.20 Å². The lowest BCUT2D eigenvalue weighted by Crippen LogP contribution is -2.09. The molecule has 0 aliphatic heterocycles. The number of rotatable bonds is 7. The van der Waals surface area contributed by atoms with E-state index >= 15 is 0 Å². The van der Waals surface area contributed by atoms with E-state index in [1.807, 2.05) is 13.1 Å². The Kier molecular flexibility index (Phi) is 11.3. The van der Waals surface area contributed by atoms with E-state index in [4.69, 9.17) is 9.47 Å². The fraction of sp³-hybridized carbons (Fsp3) is 0.750. The highest BCUT2D eigenvalue weighted by atomic mass is 16.6. The second-order valence-corrected chi connectivity index (χ2v) is 3.19. The second-order valence-electron chi connectivity index (χ2n) is 3.19. The lowest BCUT2D eigenvalue weighted by Gasteiger charge is -2.03. The maximum atomic E-state index is 10.8. The first kappa shape index (κ1) is 18.9. The Morgan fingerprint density at radius 3 is 2.61 bits per heavy atom. The van der Waals surface area contributed by atoms with Crippen LogP contribution in [0.3, 0.4) is 0 Å². The summed E-state index contributed by atoms with van der Waals surface area (Å²) in [7, 11) is 0. The SMILES string of the molecule is C.C.CCC(=O)OCCOCc1cn(CC)nn1. The summed E-state index contributed by atoms with van der Waals surface area (Å²) in [5.41, 5.74) is 0.781. The third-order valence-corrected chi connectivity index (χ3v) is 1.94. The predicted octanol–water partition coefficient (Wildman–Crippen LogP) is 2.04. The van der Waals surface area contributed by atoms with Crippen molar-refractivity contribution in [3.63, 3.8) is 0 Å². The highest BCUT2D eigenvalue weighted by Gasteiger charge is 2.00. The molecule has 0 unspecified atom stereocenters. The van der Waals surface area contributed by atoms with Gasteiger partial charge < -0.3 is 9.47 Å². The molecule has 0 N–H and O–H groups in total. The van der Waals surface area contributed by atoms with Crippen molar-refractivity contribution in [2.45, 2.75) is 48.3 Å². The zero-order valence-electron chi connectivity index (χ0n) is 9.68. The Labute approximate surface area is 109 Å². The van der Waals surface area contributed by atoms with Gasteiger partial charge in [-0.2, -0.15) is 0 Å². The smallest absolute Gasteiger partial charge is 0.305 e. The number of hydrogen-bond acceptors (Lipinski definition) is 5. The number of aromatic nitrogens is 3. The first-order valence-electron chi connectivity index (χ1n) is 5.38. The van der Waals surface area contributed by atoms with Crippen LogP contribution < -0.4 is 0 Å². The normalized spacial score (nSPS) is 9.22. The average Bonchev–Trinajstić information content (AvgIpc) is 2.76. The van der Waals surface area contributed by atoms with Crippen molar-refractivity contribution in [2.24, 2.45) is 0 Å². The Bertz CT molecular complexity index is 326. The molecule has 0 aromatic carbocycles. The number of carbonyl (C=O) groups is 1. The first-order valence-corrected chi connectivity index (χ1v) is 5.38. The second kappa shape index (κ2) is 10.7. The van der Waals surface area contributed by atoms with Gasteiger partial charge in [0.15, 0.2) is 0 Å². The summed E-state index contributed by atoms with van der Waals surface area (Å²) in [5.74, 6) is -0.208. The largest absolute Gasteiger partial charge is 0.463 e. The molecule has 0 saturated heterocycles. The van der Waals surface area contributed by atoms with Gasteiger partial charge in [0.2, 0.25) is 0 Å². The molecule has 0 aliphatic carbocycles. The van der Waals surface area contributed by atoms with E-state index in [2.05, 4.69) is 10.3 Å². The fourth-order valence-corrected chi connectivity index (χ4v) is 1.05. The van der Waals surface area contributed by atoms with Gasteiger partial charge in [-0.1, -0.05) is 27.0 Å². The average molecular weight is 259 g/mol. The topological polar surface area (TPSA) is 66.2 Å². The molecule has 18 heavy (non-hydrogen) atoms. The van der Waals surface area contributed by atoms with E-state index in [0.29, 0.717) is 19.6 Å². The lowest BCUT2D eigenvalue weighted by atomic mass is 10.5. The molecular weight excluding hydrogens is 234 g/mol. The van der Waals surface area contributed by atoms with Gasteiger partial charge in [-0.3, -0.25) is 9.48 Å². The molecule has 0 radical (unpaired) electrons. The van der Waals surface area contributed by atoms with Gasteiger partial charge in [0, 0.05) is 13.0 Å². The Morgan fingerprint density at radius 2 is 2.06 bits per heavy atom. The molecule has 0 bridgehead atoms. The third-order valence-electron chi connectivity index (χ3n) is 1.94. The minimum Gasteiger partial charge on any atom is -0.463 e. The molecule has 0 atom stereocenters. The standard InChI is InChI=1S/C10H17N3O3.2CH4/c1-3-10(14)16-6-5-15-8-9-7-13(4-2)12-11-9;;/h7H,3-6,8H2,1-2H3;2*1H4. The summed E-state index contributed by atoms with van der Waals surface area (Å²) < 4.78 is 11.9. The molecule has 6 nitrogen and oxygen atoms in total. The van der Waals surface area contributed by atoms with Crippen LogP contribution in [0.1, 0.15) is 40.8 Å². The Morgan fingerprint density at radius 1 is 1.33 bits per heavy atom. The molecule has 0 amide bonds. The van der Waals surface area contributed by atoms with Crippen molar-refractivity contribution in [1.29, 1.82) is 0 Å². The first-order chi connectivity index (χ1) is 7.76. The third kappa shape index (κ3) is 7.01. The van der Waals surface area contributed by atoms with Gasteiger partial charge in [-0.25, -0.2) is 0 Å². The van der Waals surface area contributed by atoms with Crippen LogP contribution in [0.5, 0.6) is 0 Å². The maximum absolute atomic E-state index is 10.8. The Hall–Kier alpha value is -1.43. The molecule has 1 heterocycles. The number of nitrogens with zero attached hydrogens (tertiary/aromatic N) is 3. The van der Waals surface area contributed by atoms with E-state index in [0.717, 1.165) is 12.2 Å². The zero-order chi connectivity index (χ0) is 11.8. The van der Waals surface area contributed by atoms with Gasteiger partial charge in [-0.05, 0) is 6.92 Å². The summed E-state index contributed by atoms with van der Waals surface area (Å²) in [4.78, 5) is 10.8. The predicted molar refractivity (Wildman–Crippen MR) is 70.1 cm³/mol. The van der Waals surface area contributed by atoms with Crippen molar-refractivity contribution < 1.29 is 14.3 Å². The highest BCUT2D eigenvalue weighted by Crippen LogP contribution is 1.96. The zero-order valence-corrected chi connectivity index (χ0v) is 9.68. The summed E-state index contributed by atoms with van der Waals surface area (Å²) in [6.45, 7) is 5.60. The van der Waals surface area contributed by atoms with E-state index in [1.165, 1.54) is 0 Å². The van der Waals surface area contributed by atoms with E-state index in [9.17, 15) is 4.79 Å². The van der Waals surface area contributed by atoms with Crippen LogP contribution in [0, 0.1) is 0 Å². The Balaban J connectivity index is 0. The molecule has 0 saturated carbocycles. The van der Waals surface area contributed by atoms with Crippen LogP contribution in [0.25, 0.3) is 0 Å². The maximum Gasteiger partial charge on any atom is 0.305 e. The molecule has 106 valence electrons. The highest BCUT2D eigenvalue weighted by molar-refractivity contribution is 5.68. The summed E-state index contributed by atoms with van der Waals surface area (Å²) in [6, 6.07) is 0. The molecule has 1 aromatic heterocycles. The van der Waals surface area contributed by atoms with E-state index in [1.54, 1.807) is 11.6 Å². The lowest BCUT2D eigenvalue weighted by molar-refractivity contribution is -0.144. The molecule has 0 spiro atoms. The van der Waals surface area contributed by atoms with Crippen molar-refractivity contribution in [1.82, 2.24) is 15.0 Å². The van der Waals surface area contributed by atoms with Crippen LogP contribution in [0.2, 0.25) is 0 Å². The number of hydrogen-bond donors (Lipinski definition) is 0. The van der Waals surface area contributed by atoms with Crippen molar-refractivity contribution in [2.75, 3.05) is 13.2 Å². The quantitative estimate of drug-likeness (QED) is 0.553. The number of esters is 1. The summed E-state index contributed by atoms with van der Waals surface area (Å²) in [6.07, 6.45) is 2.23. The van der Waals surface area contributed by atoms with Crippen molar-refractivity contribution in [3.8, 4) is 0 Å². The minimum atomic E-state index is -0.208. The monoisotopic (exact) mass is 259 g/mol. The molecular formula is C12H25N3O3. The number of carbonyl (C=O) groups excluding carboxylic acids is 1. The fourth-order valence-electron chi connectivity index (χ4n) is 1.05. The van der Waals surface area contributed by atoms with E-state index < -0.39 is 0 Å².